The quantitative estimate of drug-likeness (QED) is 0.785. The Morgan fingerprint density at radius 2 is 2.09 bits per heavy atom. The van der Waals surface area contributed by atoms with Crippen LogP contribution in [0.25, 0.3) is 0 Å². The topological polar surface area (TPSA) is 78.5 Å². The van der Waals surface area contributed by atoms with Crippen LogP contribution in [0.1, 0.15) is 12.8 Å². The van der Waals surface area contributed by atoms with E-state index in [2.05, 4.69) is 26.6 Å². The van der Waals surface area contributed by atoms with Gasteiger partial charge in [-0.1, -0.05) is 15.9 Å². The number of halogens is 1. The Balaban J connectivity index is 1.96. The Morgan fingerprint density at radius 3 is 2.68 bits per heavy atom. The largest absolute Gasteiger partial charge is 0.351 e. The van der Waals surface area contributed by atoms with Crippen molar-refractivity contribution in [2.45, 2.75) is 23.8 Å². The number of amides is 1. The molecule has 122 valence electrons. The minimum Gasteiger partial charge on any atom is -0.351 e. The molecule has 0 spiro atoms. The van der Waals surface area contributed by atoms with Gasteiger partial charge >= 0.3 is 0 Å². The van der Waals surface area contributed by atoms with Gasteiger partial charge in [-0.2, -0.15) is 4.31 Å². The number of nitrogens with zero attached hydrogens (tertiary/aromatic N) is 1. The van der Waals surface area contributed by atoms with Crippen LogP contribution >= 0.6 is 15.9 Å². The fourth-order valence-electron chi connectivity index (χ4n) is 2.32. The predicted octanol–water partition coefficient (Wildman–Crippen LogP) is 0.938. The van der Waals surface area contributed by atoms with Crippen LogP contribution in [0.4, 0.5) is 0 Å². The fourth-order valence-corrected chi connectivity index (χ4v) is 3.71. The van der Waals surface area contributed by atoms with Crippen LogP contribution in [0, 0.1) is 0 Å². The van der Waals surface area contributed by atoms with E-state index in [-0.39, 0.29) is 23.4 Å². The summed E-state index contributed by atoms with van der Waals surface area (Å²) in [4.78, 5) is 12.2. The number of likely N-dealkylation sites (N-methyl/N-ethyl adjacent to an activating group) is 1. The van der Waals surface area contributed by atoms with Gasteiger partial charge in [0, 0.05) is 24.1 Å². The maximum atomic E-state index is 12.4. The Morgan fingerprint density at radius 1 is 1.41 bits per heavy atom. The van der Waals surface area contributed by atoms with Crippen molar-refractivity contribution in [3.63, 3.8) is 0 Å². The van der Waals surface area contributed by atoms with Gasteiger partial charge in [0.25, 0.3) is 0 Å². The first-order valence-corrected chi connectivity index (χ1v) is 9.35. The molecule has 2 N–H and O–H groups in total. The third kappa shape index (κ3) is 4.52. The van der Waals surface area contributed by atoms with Crippen molar-refractivity contribution in [3.8, 4) is 0 Å². The summed E-state index contributed by atoms with van der Waals surface area (Å²) in [6.45, 7) is 1.51. The third-order valence-electron chi connectivity index (χ3n) is 3.55. The molecule has 0 saturated carbocycles. The van der Waals surface area contributed by atoms with E-state index in [0.717, 1.165) is 34.7 Å². The summed E-state index contributed by atoms with van der Waals surface area (Å²) < 4.78 is 26.7. The van der Waals surface area contributed by atoms with Gasteiger partial charge in [-0.05, 0) is 43.7 Å². The van der Waals surface area contributed by atoms with E-state index in [1.54, 1.807) is 12.1 Å². The average molecular weight is 390 g/mol. The molecule has 1 aromatic carbocycles. The van der Waals surface area contributed by atoms with Crippen LogP contribution in [0.5, 0.6) is 0 Å². The van der Waals surface area contributed by atoms with E-state index < -0.39 is 10.0 Å². The zero-order chi connectivity index (χ0) is 16.2. The van der Waals surface area contributed by atoms with Crippen molar-refractivity contribution >= 4 is 31.9 Å². The molecule has 0 aliphatic carbocycles. The van der Waals surface area contributed by atoms with Crippen LogP contribution in [0.2, 0.25) is 0 Å². The summed E-state index contributed by atoms with van der Waals surface area (Å²) in [5.74, 6) is -0.281. The second-order valence-corrected chi connectivity index (χ2v) is 8.29. The molecular weight excluding hydrogens is 370 g/mol. The number of hydrogen-bond donors (Lipinski definition) is 2. The number of carbonyl (C=O) groups is 1. The molecule has 1 aromatic rings. The van der Waals surface area contributed by atoms with E-state index in [0.29, 0.717) is 0 Å². The molecule has 1 unspecified atom stereocenters. The average Bonchev–Trinajstić information content (AvgIpc) is 2.48. The lowest BCUT2D eigenvalue weighted by Crippen LogP contribution is -2.48. The lowest BCUT2D eigenvalue weighted by Gasteiger charge is -2.25. The maximum absolute atomic E-state index is 12.4. The molecule has 2 rings (SSSR count). The number of hydrogen-bond acceptors (Lipinski definition) is 4. The van der Waals surface area contributed by atoms with Crippen LogP contribution in [0.15, 0.2) is 33.6 Å². The van der Waals surface area contributed by atoms with Gasteiger partial charge in [0.05, 0.1) is 11.4 Å². The van der Waals surface area contributed by atoms with Crippen LogP contribution in [-0.4, -0.2) is 51.4 Å². The Hall–Kier alpha value is -0.960. The predicted molar refractivity (Wildman–Crippen MR) is 88.0 cm³/mol. The zero-order valence-corrected chi connectivity index (χ0v) is 14.8. The summed E-state index contributed by atoms with van der Waals surface area (Å²) in [7, 11) is -2.24. The first-order chi connectivity index (χ1) is 10.4. The van der Waals surface area contributed by atoms with Gasteiger partial charge in [0.1, 0.15) is 0 Å². The van der Waals surface area contributed by atoms with Gasteiger partial charge in [-0.15, -0.1) is 0 Å². The third-order valence-corrected chi connectivity index (χ3v) is 5.90. The number of rotatable bonds is 5. The summed E-state index contributed by atoms with van der Waals surface area (Å²) in [6, 6.07) is 6.42. The Bertz CT molecular complexity index is 613. The highest BCUT2D eigenvalue weighted by molar-refractivity contribution is 9.10. The second kappa shape index (κ2) is 7.54. The molecule has 1 aliphatic heterocycles. The molecule has 22 heavy (non-hydrogen) atoms. The maximum Gasteiger partial charge on any atom is 0.243 e. The Labute approximate surface area is 139 Å². The van der Waals surface area contributed by atoms with E-state index in [9.17, 15) is 13.2 Å². The first kappa shape index (κ1) is 17.4. The first-order valence-electron chi connectivity index (χ1n) is 7.11. The summed E-state index contributed by atoms with van der Waals surface area (Å²) in [5, 5.41) is 6.07. The molecule has 1 fully saturated rings. The molecule has 0 aromatic heterocycles. The van der Waals surface area contributed by atoms with E-state index in [1.165, 1.54) is 19.2 Å². The highest BCUT2D eigenvalue weighted by Crippen LogP contribution is 2.17. The molecule has 1 amide bonds. The molecule has 0 bridgehead atoms. The van der Waals surface area contributed by atoms with Crippen LogP contribution in [0.3, 0.4) is 0 Å². The molecule has 6 nitrogen and oxygen atoms in total. The van der Waals surface area contributed by atoms with Crippen molar-refractivity contribution in [2.75, 3.05) is 26.7 Å². The normalized spacial score (nSPS) is 19.1. The van der Waals surface area contributed by atoms with E-state index in [4.69, 9.17) is 0 Å². The highest BCUT2D eigenvalue weighted by atomic mass is 79.9. The lowest BCUT2D eigenvalue weighted by molar-refractivity contribution is -0.121. The molecule has 0 radical (unpaired) electrons. The van der Waals surface area contributed by atoms with E-state index >= 15 is 0 Å². The number of nitrogens with one attached hydrogen (secondary N) is 2. The molecule has 1 atom stereocenters. The molecule has 8 heteroatoms. The number of piperidine rings is 1. The van der Waals surface area contributed by atoms with Crippen molar-refractivity contribution < 1.29 is 13.2 Å². The minimum absolute atomic E-state index is 0.0741. The Kier molecular flexibility index (Phi) is 5.96. The van der Waals surface area contributed by atoms with Gasteiger partial charge in [-0.25, -0.2) is 8.42 Å². The minimum atomic E-state index is -3.66. The SMILES string of the molecule is CN(CC(=O)NC1CCCNC1)S(=O)(=O)c1ccc(Br)cc1. The number of benzene rings is 1. The van der Waals surface area contributed by atoms with Crippen molar-refractivity contribution in [3.05, 3.63) is 28.7 Å². The van der Waals surface area contributed by atoms with Crippen LogP contribution < -0.4 is 10.6 Å². The van der Waals surface area contributed by atoms with Crippen molar-refractivity contribution in [1.29, 1.82) is 0 Å². The van der Waals surface area contributed by atoms with Crippen LogP contribution in [-0.2, 0) is 14.8 Å². The van der Waals surface area contributed by atoms with Crippen molar-refractivity contribution in [1.82, 2.24) is 14.9 Å². The summed E-state index contributed by atoms with van der Waals surface area (Å²) >= 11 is 3.27. The summed E-state index contributed by atoms with van der Waals surface area (Å²) in [5.41, 5.74) is 0. The standard InChI is InChI=1S/C14H20BrN3O3S/c1-18(10-14(19)17-12-3-2-8-16-9-12)22(20,21)13-6-4-11(15)5-7-13/h4-7,12,16H,2-3,8-10H2,1H3,(H,17,19). The monoisotopic (exact) mass is 389 g/mol. The molecule has 1 heterocycles. The van der Waals surface area contributed by atoms with Gasteiger partial charge in [0.2, 0.25) is 15.9 Å². The van der Waals surface area contributed by atoms with Gasteiger partial charge in [0.15, 0.2) is 0 Å². The van der Waals surface area contributed by atoms with Gasteiger partial charge in [-0.3, -0.25) is 4.79 Å². The lowest BCUT2D eigenvalue weighted by atomic mass is 10.1. The second-order valence-electron chi connectivity index (χ2n) is 5.33. The van der Waals surface area contributed by atoms with E-state index in [1.807, 2.05) is 0 Å². The fraction of sp³-hybridized carbons (Fsp3) is 0.500. The van der Waals surface area contributed by atoms with Crippen molar-refractivity contribution in [2.24, 2.45) is 0 Å². The van der Waals surface area contributed by atoms with Gasteiger partial charge < -0.3 is 10.6 Å². The summed E-state index contributed by atoms with van der Waals surface area (Å²) in [6.07, 6.45) is 1.93. The smallest absolute Gasteiger partial charge is 0.243 e. The molecule has 1 saturated heterocycles. The number of sulfonamides is 1. The number of carbonyl (C=O) groups excluding carboxylic acids is 1. The zero-order valence-electron chi connectivity index (χ0n) is 12.4. The molecular formula is C14H20BrN3O3S. The highest BCUT2D eigenvalue weighted by Gasteiger charge is 2.24. The molecule has 1 aliphatic rings.